The Kier molecular flexibility index (Phi) is 2.29. The molecule has 2 aliphatic rings. The van der Waals surface area contributed by atoms with Crippen molar-refractivity contribution in [2.45, 2.75) is 18.3 Å². The summed E-state index contributed by atoms with van der Waals surface area (Å²) in [4.78, 5) is 11.9. The largest absolute Gasteiger partial charge is 0.369 e. The van der Waals surface area contributed by atoms with E-state index in [0.717, 1.165) is 29.5 Å². The second-order valence-corrected chi connectivity index (χ2v) is 5.45. The van der Waals surface area contributed by atoms with Gasteiger partial charge >= 0.3 is 0 Å². The first-order valence-electron chi connectivity index (χ1n) is 5.45. The molecule has 1 saturated carbocycles. The lowest BCUT2D eigenvalue weighted by molar-refractivity contribution is -0.120. The minimum Gasteiger partial charge on any atom is -0.369 e. The van der Waals surface area contributed by atoms with Gasteiger partial charge < -0.3 is 5.73 Å². The molecule has 2 atom stereocenters. The van der Waals surface area contributed by atoms with E-state index < -0.39 is 5.41 Å². The molecule has 3 rings (SSSR count). The van der Waals surface area contributed by atoms with Crippen LogP contribution >= 0.6 is 23.2 Å². The smallest absolute Gasteiger partial charge is 0.232 e. The van der Waals surface area contributed by atoms with Crippen molar-refractivity contribution in [2.24, 2.45) is 11.7 Å². The number of carbonyl (C=O) groups excluding carboxylic acids is 1. The van der Waals surface area contributed by atoms with Crippen LogP contribution in [0, 0.1) is 12.0 Å². The van der Waals surface area contributed by atoms with Crippen molar-refractivity contribution in [1.29, 1.82) is 0 Å². The summed E-state index contributed by atoms with van der Waals surface area (Å²) in [6.07, 6.45) is 1.75. The van der Waals surface area contributed by atoms with Gasteiger partial charge in [0.25, 0.3) is 0 Å². The van der Waals surface area contributed by atoms with Gasteiger partial charge in [0, 0.05) is 5.92 Å². The molecule has 1 aromatic rings. The van der Waals surface area contributed by atoms with Gasteiger partial charge in [-0.25, -0.2) is 0 Å². The van der Waals surface area contributed by atoms with Crippen molar-refractivity contribution in [2.75, 3.05) is 0 Å². The Morgan fingerprint density at radius 3 is 2.94 bits per heavy atom. The SMILES string of the molecule is NC(=O)C12C(=C(Cl)Cl)C1CCc1[c]cccc12. The molecule has 0 saturated heterocycles. The van der Waals surface area contributed by atoms with Gasteiger partial charge in [0.05, 0.1) is 0 Å². The van der Waals surface area contributed by atoms with Gasteiger partial charge in [0.1, 0.15) is 9.91 Å². The van der Waals surface area contributed by atoms with Crippen LogP contribution in [-0.4, -0.2) is 5.91 Å². The summed E-state index contributed by atoms with van der Waals surface area (Å²) in [6, 6.07) is 8.81. The van der Waals surface area contributed by atoms with E-state index in [1.807, 2.05) is 18.2 Å². The third-order valence-electron chi connectivity index (χ3n) is 3.85. The summed E-state index contributed by atoms with van der Waals surface area (Å²) in [7, 11) is 0. The molecular weight excluding hydrogens is 257 g/mol. The summed E-state index contributed by atoms with van der Waals surface area (Å²) in [5.74, 6) is -0.287. The first-order chi connectivity index (χ1) is 8.10. The highest BCUT2D eigenvalue weighted by molar-refractivity contribution is 6.56. The molecule has 2 nitrogen and oxygen atoms in total. The van der Waals surface area contributed by atoms with Crippen LogP contribution in [0.1, 0.15) is 17.5 Å². The minimum atomic E-state index is -0.760. The molecule has 2 aliphatic carbocycles. The first kappa shape index (κ1) is 11.1. The standard InChI is InChI=1S/C13H10Cl2NO/c14-11(15)10-9-6-5-7-3-1-2-4-8(7)13(9,10)12(16)17/h1-2,4,9H,5-6H2,(H2,16,17). The van der Waals surface area contributed by atoms with Crippen LogP contribution in [0.25, 0.3) is 0 Å². The fourth-order valence-corrected chi connectivity index (χ4v) is 3.70. The quantitative estimate of drug-likeness (QED) is 0.834. The summed E-state index contributed by atoms with van der Waals surface area (Å²) in [5.41, 5.74) is 7.58. The Morgan fingerprint density at radius 2 is 2.29 bits per heavy atom. The molecule has 0 spiro atoms. The number of aryl methyl sites for hydroxylation is 1. The number of carbonyl (C=O) groups is 1. The van der Waals surface area contributed by atoms with Crippen molar-refractivity contribution < 1.29 is 4.79 Å². The zero-order chi connectivity index (χ0) is 12.2. The Labute approximate surface area is 109 Å². The monoisotopic (exact) mass is 266 g/mol. The predicted octanol–water partition coefficient (Wildman–Crippen LogP) is 2.48. The van der Waals surface area contributed by atoms with E-state index in [9.17, 15) is 4.79 Å². The molecule has 1 radical (unpaired) electrons. The van der Waals surface area contributed by atoms with E-state index in [-0.39, 0.29) is 16.3 Å². The number of hydrogen-bond donors (Lipinski definition) is 1. The van der Waals surface area contributed by atoms with Crippen LogP contribution in [-0.2, 0) is 16.6 Å². The van der Waals surface area contributed by atoms with Gasteiger partial charge in [-0.3, -0.25) is 4.79 Å². The van der Waals surface area contributed by atoms with E-state index in [1.54, 1.807) is 0 Å². The summed E-state index contributed by atoms with van der Waals surface area (Å²) >= 11 is 11.8. The van der Waals surface area contributed by atoms with Crippen molar-refractivity contribution in [3.63, 3.8) is 0 Å². The number of rotatable bonds is 1. The maximum Gasteiger partial charge on any atom is 0.232 e. The summed E-state index contributed by atoms with van der Waals surface area (Å²) < 4.78 is 0.186. The average molecular weight is 267 g/mol. The molecule has 87 valence electrons. The lowest BCUT2D eigenvalue weighted by Gasteiger charge is -2.21. The zero-order valence-corrected chi connectivity index (χ0v) is 10.5. The van der Waals surface area contributed by atoms with Crippen molar-refractivity contribution in [3.05, 3.63) is 45.5 Å². The Bertz CT molecular complexity index is 548. The van der Waals surface area contributed by atoms with Crippen LogP contribution in [0.2, 0.25) is 0 Å². The molecule has 4 heteroatoms. The van der Waals surface area contributed by atoms with Gasteiger partial charge in [-0.2, -0.15) is 0 Å². The van der Waals surface area contributed by atoms with Crippen molar-refractivity contribution in [3.8, 4) is 0 Å². The lowest BCUT2D eigenvalue weighted by atomic mass is 9.81. The van der Waals surface area contributed by atoms with E-state index in [0.29, 0.717) is 0 Å². The summed E-state index contributed by atoms with van der Waals surface area (Å²) in [6.45, 7) is 0. The molecule has 0 heterocycles. The van der Waals surface area contributed by atoms with E-state index in [4.69, 9.17) is 28.9 Å². The number of fused-ring (bicyclic) bond motifs is 3. The normalized spacial score (nSPS) is 29.3. The second-order valence-electron chi connectivity index (χ2n) is 4.50. The molecular formula is C13H10Cl2NO. The topological polar surface area (TPSA) is 43.1 Å². The first-order valence-corrected chi connectivity index (χ1v) is 6.21. The highest BCUT2D eigenvalue weighted by atomic mass is 35.5. The third kappa shape index (κ3) is 1.25. The van der Waals surface area contributed by atoms with Crippen LogP contribution < -0.4 is 5.73 Å². The van der Waals surface area contributed by atoms with Gasteiger partial charge in [-0.1, -0.05) is 41.4 Å². The summed E-state index contributed by atoms with van der Waals surface area (Å²) in [5, 5.41) is 0. The average Bonchev–Trinajstić information content (AvgIpc) is 2.99. The molecule has 0 aromatic heterocycles. The van der Waals surface area contributed by atoms with Crippen molar-refractivity contribution in [1.82, 2.24) is 0 Å². The van der Waals surface area contributed by atoms with Crippen molar-refractivity contribution >= 4 is 29.1 Å². The third-order valence-corrected chi connectivity index (χ3v) is 4.26. The number of hydrogen-bond acceptors (Lipinski definition) is 1. The molecule has 17 heavy (non-hydrogen) atoms. The maximum atomic E-state index is 11.9. The van der Waals surface area contributed by atoms with Gasteiger partial charge in [-0.05, 0) is 35.6 Å². The molecule has 2 N–H and O–H groups in total. The van der Waals surface area contributed by atoms with Gasteiger partial charge in [0.15, 0.2) is 0 Å². The number of amides is 1. The fourth-order valence-electron chi connectivity index (χ4n) is 3.14. The molecule has 1 fully saturated rings. The number of benzene rings is 1. The fraction of sp³-hybridized carbons (Fsp3) is 0.308. The minimum absolute atomic E-state index is 0.0771. The molecule has 1 aromatic carbocycles. The van der Waals surface area contributed by atoms with Crippen LogP contribution in [0.3, 0.4) is 0 Å². The van der Waals surface area contributed by atoms with E-state index in [2.05, 4.69) is 6.07 Å². The van der Waals surface area contributed by atoms with Gasteiger partial charge in [-0.15, -0.1) is 0 Å². The zero-order valence-electron chi connectivity index (χ0n) is 8.97. The number of primary amides is 1. The molecule has 0 bridgehead atoms. The van der Waals surface area contributed by atoms with Crippen LogP contribution in [0.4, 0.5) is 0 Å². The van der Waals surface area contributed by atoms with Gasteiger partial charge in [0.2, 0.25) is 5.91 Å². The van der Waals surface area contributed by atoms with E-state index in [1.165, 1.54) is 0 Å². The Morgan fingerprint density at radius 1 is 1.53 bits per heavy atom. The Hall–Kier alpha value is -0.990. The van der Waals surface area contributed by atoms with Crippen LogP contribution in [0.15, 0.2) is 28.3 Å². The number of nitrogens with two attached hydrogens (primary N) is 1. The Balaban J connectivity index is 2.27. The lowest BCUT2D eigenvalue weighted by Crippen LogP contribution is -2.33. The highest BCUT2D eigenvalue weighted by Crippen LogP contribution is 2.66. The molecule has 2 unspecified atom stereocenters. The predicted molar refractivity (Wildman–Crippen MR) is 66.7 cm³/mol. The maximum absolute atomic E-state index is 11.9. The molecule has 1 amide bonds. The number of halogens is 2. The second kappa shape index (κ2) is 3.50. The van der Waals surface area contributed by atoms with Crippen LogP contribution in [0.5, 0.6) is 0 Å². The highest BCUT2D eigenvalue weighted by Gasteiger charge is 2.68. The molecule has 0 aliphatic heterocycles. The van der Waals surface area contributed by atoms with E-state index >= 15 is 0 Å².